The molecule has 1 heterocycles. The molecule has 0 unspecified atom stereocenters. The largest absolute Gasteiger partial charge is 0.439 e. The highest BCUT2D eigenvalue weighted by atomic mass is 79.9. The van der Waals surface area contributed by atoms with Gasteiger partial charge in [-0.05, 0) is 37.1 Å². The van der Waals surface area contributed by atoms with Crippen LogP contribution in [0.4, 0.5) is 0 Å². The van der Waals surface area contributed by atoms with Crippen LogP contribution in [0, 0.1) is 13.8 Å². The van der Waals surface area contributed by atoms with Crippen molar-refractivity contribution in [2.24, 2.45) is 0 Å². The molecule has 3 nitrogen and oxygen atoms in total. The van der Waals surface area contributed by atoms with E-state index < -0.39 is 0 Å². The van der Waals surface area contributed by atoms with Gasteiger partial charge >= 0.3 is 0 Å². The number of aliphatic hydroxyl groups excluding tert-OH is 1. The Labute approximate surface area is 125 Å². The number of hydrogen-bond acceptors (Lipinski definition) is 3. The van der Waals surface area contributed by atoms with Crippen LogP contribution in [0.2, 0.25) is 5.02 Å². The highest BCUT2D eigenvalue weighted by Gasteiger charge is 2.07. The monoisotopic (exact) mass is 341 g/mol. The first-order valence-corrected chi connectivity index (χ1v) is 6.88. The lowest BCUT2D eigenvalue weighted by Gasteiger charge is -2.10. The molecule has 0 saturated heterocycles. The van der Waals surface area contributed by atoms with Gasteiger partial charge in [-0.1, -0.05) is 27.5 Å². The molecule has 1 N–H and O–H groups in total. The molecule has 0 aliphatic heterocycles. The molecule has 5 heteroatoms. The van der Waals surface area contributed by atoms with Gasteiger partial charge in [0.15, 0.2) is 0 Å². The Hall–Kier alpha value is -1.10. The van der Waals surface area contributed by atoms with E-state index in [0.717, 1.165) is 15.6 Å². The van der Waals surface area contributed by atoms with E-state index in [4.69, 9.17) is 21.4 Å². The van der Waals surface area contributed by atoms with E-state index in [2.05, 4.69) is 20.9 Å². The summed E-state index contributed by atoms with van der Waals surface area (Å²) in [6, 6.07) is 5.48. The molecule has 0 radical (unpaired) electrons. The molecule has 0 amide bonds. The van der Waals surface area contributed by atoms with Gasteiger partial charge in [0.1, 0.15) is 5.75 Å². The van der Waals surface area contributed by atoms with Gasteiger partial charge in [0.2, 0.25) is 5.88 Å². The summed E-state index contributed by atoms with van der Waals surface area (Å²) >= 11 is 9.40. The van der Waals surface area contributed by atoms with Crippen LogP contribution in [0.1, 0.15) is 16.7 Å². The van der Waals surface area contributed by atoms with Crippen molar-refractivity contribution in [3.8, 4) is 11.6 Å². The number of halogens is 2. The predicted molar refractivity (Wildman–Crippen MR) is 78.9 cm³/mol. The van der Waals surface area contributed by atoms with Crippen LogP contribution in [0.15, 0.2) is 28.9 Å². The van der Waals surface area contributed by atoms with E-state index in [-0.39, 0.29) is 6.61 Å². The number of hydrogen-bond donors (Lipinski definition) is 1. The third kappa shape index (κ3) is 3.26. The average molecular weight is 343 g/mol. The minimum absolute atomic E-state index is 0.143. The molecule has 0 aliphatic carbocycles. The van der Waals surface area contributed by atoms with Gasteiger partial charge in [-0.3, -0.25) is 0 Å². The van der Waals surface area contributed by atoms with Crippen molar-refractivity contribution in [3.63, 3.8) is 0 Å². The van der Waals surface area contributed by atoms with Gasteiger partial charge < -0.3 is 9.84 Å². The van der Waals surface area contributed by atoms with E-state index >= 15 is 0 Å². The molecule has 0 saturated carbocycles. The SMILES string of the molecule is Cc1cc(Oc2cc(CO)c(Cl)cn2)cc(C)c1Br. The first-order chi connectivity index (χ1) is 9.01. The Bertz CT molecular complexity index is 593. The molecule has 0 spiro atoms. The molecular weight excluding hydrogens is 330 g/mol. The summed E-state index contributed by atoms with van der Waals surface area (Å²) in [7, 11) is 0. The summed E-state index contributed by atoms with van der Waals surface area (Å²) in [6.07, 6.45) is 1.47. The maximum atomic E-state index is 9.16. The molecule has 2 rings (SSSR count). The number of benzene rings is 1. The molecule has 0 bridgehead atoms. The van der Waals surface area contributed by atoms with Crippen LogP contribution in [0.3, 0.4) is 0 Å². The topological polar surface area (TPSA) is 42.4 Å². The Morgan fingerprint density at radius 2 is 1.89 bits per heavy atom. The zero-order chi connectivity index (χ0) is 14.0. The van der Waals surface area contributed by atoms with Crippen LogP contribution in [0.5, 0.6) is 11.6 Å². The second-order valence-electron chi connectivity index (χ2n) is 4.25. The number of pyridine rings is 1. The Morgan fingerprint density at radius 1 is 1.26 bits per heavy atom. The molecule has 0 fully saturated rings. The fourth-order valence-electron chi connectivity index (χ4n) is 1.72. The van der Waals surface area contributed by atoms with Gasteiger partial charge in [0.25, 0.3) is 0 Å². The minimum atomic E-state index is -0.143. The second-order valence-corrected chi connectivity index (χ2v) is 5.45. The van der Waals surface area contributed by atoms with Gasteiger partial charge in [-0.15, -0.1) is 0 Å². The molecule has 2 aromatic rings. The Morgan fingerprint density at radius 3 is 2.47 bits per heavy atom. The van der Waals surface area contributed by atoms with E-state index in [0.29, 0.717) is 22.2 Å². The Balaban J connectivity index is 2.31. The van der Waals surface area contributed by atoms with Crippen molar-refractivity contribution in [2.75, 3.05) is 0 Å². The summed E-state index contributed by atoms with van der Waals surface area (Å²) in [5, 5.41) is 9.59. The van der Waals surface area contributed by atoms with Gasteiger partial charge in [-0.25, -0.2) is 4.98 Å². The fourth-order valence-corrected chi connectivity index (χ4v) is 2.11. The number of aromatic nitrogens is 1. The third-order valence-electron chi connectivity index (χ3n) is 2.71. The summed E-state index contributed by atoms with van der Waals surface area (Å²) in [6.45, 7) is 3.85. The van der Waals surface area contributed by atoms with Crippen LogP contribution in [-0.4, -0.2) is 10.1 Å². The first-order valence-electron chi connectivity index (χ1n) is 5.71. The summed E-state index contributed by atoms with van der Waals surface area (Å²) in [5.74, 6) is 1.12. The number of aliphatic hydroxyl groups is 1. The zero-order valence-electron chi connectivity index (χ0n) is 10.6. The first kappa shape index (κ1) is 14.3. The number of ether oxygens (including phenoxy) is 1. The fraction of sp³-hybridized carbons (Fsp3) is 0.214. The highest BCUT2D eigenvalue weighted by molar-refractivity contribution is 9.10. The van der Waals surface area contributed by atoms with E-state index in [9.17, 15) is 0 Å². The van der Waals surface area contributed by atoms with Gasteiger partial charge in [0.05, 0.1) is 11.6 Å². The number of aryl methyl sites for hydroxylation is 2. The summed E-state index contributed by atoms with van der Waals surface area (Å²) < 4.78 is 6.76. The molecule has 19 heavy (non-hydrogen) atoms. The van der Waals surface area contributed by atoms with E-state index in [1.165, 1.54) is 6.20 Å². The normalized spacial score (nSPS) is 10.6. The number of rotatable bonds is 3. The van der Waals surface area contributed by atoms with Crippen LogP contribution < -0.4 is 4.74 Å². The van der Waals surface area contributed by atoms with Gasteiger partial charge in [0, 0.05) is 22.3 Å². The van der Waals surface area contributed by atoms with Crippen molar-refractivity contribution >= 4 is 27.5 Å². The van der Waals surface area contributed by atoms with Crippen molar-refractivity contribution in [2.45, 2.75) is 20.5 Å². The molecule has 1 aromatic carbocycles. The second kappa shape index (κ2) is 5.90. The van der Waals surface area contributed by atoms with Crippen molar-refractivity contribution in [3.05, 3.63) is 50.6 Å². The quantitative estimate of drug-likeness (QED) is 0.899. The lowest BCUT2D eigenvalue weighted by atomic mass is 10.1. The maximum Gasteiger partial charge on any atom is 0.219 e. The average Bonchev–Trinajstić information content (AvgIpc) is 2.38. The predicted octanol–water partition coefficient (Wildman–Crippen LogP) is 4.40. The van der Waals surface area contributed by atoms with E-state index in [1.54, 1.807) is 6.07 Å². The van der Waals surface area contributed by atoms with Crippen molar-refractivity contribution in [1.29, 1.82) is 0 Å². The van der Waals surface area contributed by atoms with Crippen molar-refractivity contribution in [1.82, 2.24) is 4.98 Å². The summed E-state index contributed by atoms with van der Waals surface area (Å²) in [4.78, 5) is 4.09. The van der Waals surface area contributed by atoms with Crippen LogP contribution in [0.25, 0.3) is 0 Å². The van der Waals surface area contributed by atoms with Crippen LogP contribution in [-0.2, 0) is 6.61 Å². The summed E-state index contributed by atoms with van der Waals surface area (Å²) in [5.41, 5.74) is 2.77. The molecule has 0 atom stereocenters. The van der Waals surface area contributed by atoms with Crippen molar-refractivity contribution < 1.29 is 9.84 Å². The molecular formula is C14H13BrClNO2. The molecule has 100 valence electrons. The molecule has 0 aliphatic rings. The lowest BCUT2D eigenvalue weighted by Crippen LogP contribution is -1.93. The minimum Gasteiger partial charge on any atom is -0.439 e. The lowest BCUT2D eigenvalue weighted by molar-refractivity contribution is 0.281. The maximum absolute atomic E-state index is 9.16. The molecule has 1 aromatic heterocycles. The third-order valence-corrected chi connectivity index (χ3v) is 4.30. The van der Waals surface area contributed by atoms with E-state index in [1.807, 2.05) is 26.0 Å². The highest BCUT2D eigenvalue weighted by Crippen LogP contribution is 2.29. The standard InChI is InChI=1S/C14H13BrClNO2/c1-8-3-11(4-9(2)14(8)15)19-13-5-10(7-18)12(16)6-17-13/h3-6,18H,7H2,1-2H3. The van der Waals surface area contributed by atoms with Crippen LogP contribution >= 0.6 is 27.5 Å². The Kier molecular flexibility index (Phi) is 4.45. The smallest absolute Gasteiger partial charge is 0.219 e. The van der Waals surface area contributed by atoms with Gasteiger partial charge in [-0.2, -0.15) is 0 Å². The zero-order valence-corrected chi connectivity index (χ0v) is 12.9. The number of nitrogens with zero attached hydrogens (tertiary/aromatic N) is 1.